The van der Waals surface area contributed by atoms with Gasteiger partial charge in [-0.2, -0.15) is 0 Å². The van der Waals surface area contributed by atoms with Crippen molar-refractivity contribution in [2.75, 3.05) is 19.7 Å². The first-order chi connectivity index (χ1) is 6.83. The molecule has 0 unspecified atom stereocenters. The second kappa shape index (κ2) is 6.82. The van der Waals surface area contributed by atoms with Crippen LogP contribution in [0.4, 0.5) is 0 Å². The predicted molar refractivity (Wildman–Crippen MR) is 56.1 cm³/mol. The van der Waals surface area contributed by atoms with Gasteiger partial charge in [0.2, 0.25) is 0 Å². The molecule has 82 valence electrons. The van der Waals surface area contributed by atoms with E-state index in [2.05, 4.69) is 12.2 Å². The zero-order valence-corrected chi connectivity index (χ0v) is 9.05. The van der Waals surface area contributed by atoms with Crippen LogP contribution in [0.2, 0.25) is 0 Å². The summed E-state index contributed by atoms with van der Waals surface area (Å²) in [5, 5.41) is 3.11. The van der Waals surface area contributed by atoms with Gasteiger partial charge in [0.25, 0.3) is 0 Å². The molecule has 0 aromatic carbocycles. The first-order valence-electron chi connectivity index (χ1n) is 5.69. The molecule has 1 aliphatic carbocycles. The van der Waals surface area contributed by atoms with E-state index in [0.29, 0.717) is 13.2 Å². The molecule has 3 nitrogen and oxygen atoms in total. The molecule has 1 rings (SSSR count). The van der Waals surface area contributed by atoms with Gasteiger partial charge in [-0.1, -0.05) is 19.8 Å². The van der Waals surface area contributed by atoms with E-state index in [1.165, 1.54) is 12.8 Å². The molecule has 0 aromatic rings. The van der Waals surface area contributed by atoms with Crippen molar-refractivity contribution in [3.63, 3.8) is 0 Å². The molecule has 0 atom stereocenters. The third-order valence-corrected chi connectivity index (χ3v) is 2.41. The highest BCUT2D eigenvalue weighted by Gasteiger charge is 2.20. The molecule has 0 bridgehead atoms. The van der Waals surface area contributed by atoms with E-state index < -0.39 is 0 Å². The first-order valence-corrected chi connectivity index (χ1v) is 5.69. The van der Waals surface area contributed by atoms with E-state index in [4.69, 9.17) is 4.74 Å². The van der Waals surface area contributed by atoms with Crippen LogP contribution in [-0.4, -0.2) is 25.7 Å². The van der Waals surface area contributed by atoms with Crippen molar-refractivity contribution in [2.24, 2.45) is 5.92 Å². The maximum absolute atomic E-state index is 11.1. The van der Waals surface area contributed by atoms with E-state index in [0.717, 1.165) is 31.7 Å². The number of hydrogen-bond acceptors (Lipinski definition) is 3. The maximum Gasteiger partial charge on any atom is 0.319 e. The fraction of sp³-hybridized carbons (Fsp3) is 0.909. The topological polar surface area (TPSA) is 38.3 Å². The summed E-state index contributed by atoms with van der Waals surface area (Å²) in [7, 11) is 0. The van der Waals surface area contributed by atoms with E-state index in [1.54, 1.807) is 0 Å². The minimum absolute atomic E-state index is 0.109. The van der Waals surface area contributed by atoms with Gasteiger partial charge in [0.1, 0.15) is 0 Å². The van der Waals surface area contributed by atoms with Crippen molar-refractivity contribution >= 4 is 5.97 Å². The SMILES string of the molecule is CCCCCOC(=O)CNCC1CC1. The summed E-state index contributed by atoms with van der Waals surface area (Å²) in [5.74, 6) is 0.713. The third-order valence-electron chi connectivity index (χ3n) is 2.41. The highest BCUT2D eigenvalue weighted by molar-refractivity contribution is 5.71. The quantitative estimate of drug-likeness (QED) is 0.478. The number of ether oxygens (including phenoxy) is 1. The van der Waals surface area contributed by atoms with Gasteiger partial charge in [-0.3, -0.25) is 4.79 Å². The fourth-order valence-corrected chi connectivity index (χ4v) is 1.29. The lowest BCUT2D eigenvalue weighted by atomic mass is 10.3. The lowest BCUT2D eigenvalue weighted by Crippen LogP contribution is -2.26. The fourth-order valence-electron chi connectivity index (χ4n) is 1.29. The summed E-state index contributed by atoms with van der Waals surface area (Å²) >= 11 is 0. The summed E-state index contributed by atoms with van der Waals surface area (Å²) < 4.78 is 5.04. The van der Waals surface area contributed by atoms with Gasteiger partial charge in [-0.25, -0.2) is 0 Å². The second-order valence-electron chi connectivity index (χ2n) is 4.00. The van der Waals surface area contributed by atoms with Gasteiger partial charge in [-0.05, 0) is 31.7 Å². The van der Waals surface area contributed by atoms with Crippen LogP contribution in [0.25, 0.3) is 0 Å². The Morgan fingerprint density at radius 3 is 2.86 bits per heavy atom. The molecule has 0 heterocycles. The van der Waals surface area contributed by atoms with Crippen LogP contribution >= 0.6 is 0 Å². The van der Waals surface area contributed by atoms with Crippen LogP contribution in [0.5, 0.6) is 0 Å². The lowest BCUT2D eigenvalue weighted by molar-refractivity contribution is -0.142. The zero-order valence-electron chi connectivity index (χ0n) is 9.05. The van der Waals surface area contributed by atoms with Gasteiger partial charge in [0.05, 0.1) is 13.2 Å². The minimum atomic E-state index is -0.109. The van der Waals surface area contributed by atoms with Crippen LogP contribution < -0.4 is 5.32 Å². The van der Waals surface area contributed by atoms with Gasteiger partial charge in [-0.15, -0.1) is 0 Å². The molecule has 0 radical (unpaired) electrons. The molecule has 0 spiro atoms. The van der Waals surface area contributed by atoms with E-state index in [-0.39, 0.29) is 5.97 Å². The molecular formula is C11H21NO2. The number of esters is 1. The highest BCUT2D eigenvalue weighted by Crippen LogP contribution is 2.27. The molecule has 0 amide bonds. The number of unbranched alkanes of at least 4 members (excludes halogenated alkanes) is 2. The smallest absolute Gasteiger partial charge is 0.319 e. The summed E-state index contributed by atoms with van der Waals surface area (Å²) in [4.78, 5) is 11.1. The summed E-state index contributed by atoms with van der Waals surface area (Å²) in [5.41, 5.74) is 0. The van der Waals surface area contributed by atoms with E-state index in [1.807, 2.05) is 0 Å². The molecule has 1 saturated carbocycles. The number of rotatable bonds is 8. The Morgan fingerprint density at radius 2 is 2.21 bits per heavy atom. The number of nitrogens with one attached hydrogen (secondary N) is 1. The number of hydrogen-bond donors (Lipinski definition) is 1. The van der Waals surface area contributed by atoms with Crippen molar-refractivity contribution in [1.29, 1.82) is 0 Å². The van der Waals surface area contributed by atoms with Crippen LogP contribution in [0, 0.1) is 5.92 Å². The van der Waals surface area contributed by atoms with Crippen LogP contribution in [0.1, 0.15) is 39.0 Å². The summed E-state index contributed by atoms with van der Waals surface area (Å²) in [6.07, 6.45) is 5.93. The normalized spacial score (nSPS) is 15.5. The molecule has 1 N–H and O–H groups in total. The molecule has 1 aliphatic rings. The van der Waals surface area contributed by atoms with Gasteiger partial charge in [0.15, 0.2) is 0 Å². The van der Waals surface area contributed by atoms with Crippen LogP contribution in [0.3, 0.4) is 0 Å². The van der Waals surface area contributed by atoms with E-state index in [9.17, 15) is 4.79 Å². The highest BCUT2D eigenvalue weighted by atomic mass is 16.5. The van der Waals surface area contributed by atoms with E-state index >= 15 is 0 Å². The summed E-state index contributed by atoms with van der Waals surface area (Å²) in [6.45, 7) is 4.07. The Hall–Kier alpha value is -0.570. The Kier molecular flexibility index (Phi) is 5.60. The Morgan fingerprint density at radius 1 is 1.43 bits per heavy atom. The van der Waals surface area contributed by atoms with Crippen molar-refractivity contribution < 1.29 is 9.53 Å². The van der Waals surface area contributed by atoms with Crippen molar-refractivity contribution in [2.45, 2.75) is 39.0 Å². The van der Waals surface area contributed by atoms with Crippen molar-refractivity contribution in [1.82, 2.24) is 5.32 Å². The monoisotopic (exact) mass is 199 g/mol. The molecule has 0 aromatic heterocycles. The number of carbonyl (C=O) groups excluding carboxylic acids is 1. The Bertz CT molecular complexity index is 167. The third kappa shape index (κ3) is 5.97. The average molecular weight is 199 g/mol. The van der Waals surface area contributed by atoms with Gasteiger partial charge in [0, 0.05) is 0 Å². The van der Waals surface area contributed by atoms with Crippen LogP contribution in [0.15, 0.2) is 0 Å². The summed E-state index contributed by atoms with van der Waals surface area (Å²) in [6, 6.07) is 0. The first kappa shape index (κ1) is 11.5. The molecule has 3 heteroatoms. The van der Waals surface area contributed by atoms with Crippen molar-refractivity contribution in [3.05, 3.63) is 0 Å². The molecule has 0 saturated heterocycles. The minimum Gasteiger partial charge on any atom is -0.465 e. The zero-order chi connectivity index (χ0) is 10.2. The largest absolute Gasteiger partial charge is 0.465 e. The predicted octanol–water partition coefficient (Wildman–Crippen LogP) is 1.72. The standard InChI is InChI=1S/C11H21NO2/c1-2-3-4-7-14-11(13)9-12-8-10-5-6-10/h10,12H,2-9H2,1H3. The van der Waals surface area contributed by atoms with Crippen LogP contribution in [-0.2, 0) is 9.53 Å². The lowest BCUT2D eigenvalue weighted by Gasteiger charge is -2.05. The number of carbonyl (C=O) groups is 1. The average Bonchev–Trinajstić information content (AvgIpc) is 2.96. The molecular weight excluding hydrogens is 178 g/mol. The molecule has 0 aliphatic heterocycles. The van der Waals surface area contributed by atoms with Gasteiger partial charge < -0.3 is 10.1 Å². The Balaban J connectivity index is 1.82. The van der Waals surface area contributed by atoms with Gasteiger partial charge >= 0.3 is 5.97 Å². The second-order valence-corrected chi connectivity index (χ2v) is 4.00. The van der Waals surface area contributed by atoms with Crippen molar-refractivity contribution in [3.8, 4) is 0 Å². The maximum atomic E-state index is 11.1. The molecule has 1 fully saturated rings. The Labute approximate surface area is 86.2 Å². The molecule has 14 heavy (non-hydrogen) atoms.